The number of nitrogens with one attached hydrogen (secondary N) is 1. The quantitative estimate of drug-likeness (QED) is 0.928. The van der Waals surface area contributed by atoms with Gasteiger partial charge in [0.2, 0.25) is 11.8 Å². The molecule has 0 radical (unpaired) electrons. The number of rotatable bonds is 3. The van der Waals surface area contributed by atoms with Gasteiger partial charge in [-0.3, -0.25) is 9.59 Å². The summed E-state index contributed by atoms with van der Waals surface area (Å²) in [4.78, 5) is 25.8. The van der Waals surface area contributed by atoms with Crippen LogP contribution in [-0.4, -0.2) is 31.0 Å². The zero-order chi connectivity index (χ0) is 16.4. The number of carbonyl (C=O) groups excluding carboxylic acids is 2. The lowest BCUT2D eigenvalue weighted by Gasteiger charge is -2.34. The van der Waals surface area contributed by atoms with Gasteiger partial charge in [-0.25, -0.2) is 0 Å². The van der Waals surface area contributed by atoms with Crippen molar-refractivity contribution in [1.82, 2.24) is 5.32 Å². The predicted octanol–water partition coefficient (Wildman–Crippen LogP) is 2.24. The Morgan fingerprint density at radius 1 is 1.30 bits per heavy atom. The molecule has 23 heavy (non-hydrogen) atoms. The molecule has 3 rings (SSSR count). The normalized spacial score (nSPS) is 20.9. The Morgan fingerprint density at radius 2 is 2.13 bits per heavy atom. The van der Waals surface area contributed by atoms with Crippen LogP contribution in [0.2, 0.25) is 0 Å². The fourth-order valence-electron chi connectivity index (χ4n) is 3.16. The number of hydrogen-bond acceptors (Lipinski definition) is 3. The van der Waals surface area contributed by atoms with Crippen LogP contribution in [0, 0.1) is 0 Å². The molecule has 124 valence electrons. The number of carbonyl (C=O) groups is 2. The van der Waals surface area contributed by atoms with Crippen molar-refractivity contribution in [2.24, 2.45) is 0 Å². The number of ether oxygens (including phenoxy) is 1. The molecule has 0 aromatic heterocycles. The molecule has 1 saturated heterocycles. The van der Waals surface area contributed by atoms with E-state index < -0.39 is 12.7 Å². The third-order valence-electron chi connectivity index (χ3n) is 4.19. The smallest absolute Gasteiger partial charge is 0.387 e. The second-order valence-electron chi connectivity index (χ2n) is 5.77. The first-order valence-corrected chi connectivity index (χ1v) is 7.73. The minimum Gasteiger partial charge on any atom is -0.435 e. The highest BCUT2D eigenvalue weighted by Gasteiger charge is 2.31. The van der Waals surface area contributed by atoms with Gasteiger partial charge in [0.1, 0.15) is 11.8 Å². The second-order valence-corrected chi connectivity index (χ2v) is 5.77. The number of hydrogen-bond donors (Lipinski definition) is 1. The van der Waals surface area contributed by atoms with Gasteiger partial charge in [-0.1, -0.05) is 0 Å². The Bertz CT molecular complexity index is 621. The second kappa shape index (κ2) is 6.52. The largest absolute Gasteiger partial charge is 0.435 e. The molecule has 1 fully saturated rings. The fourth-order valence-corrected chi connectivity index (χ4v) is 3.16. The van der Waals surface area contributed by atoms with Crippen molar-refractivity contribution in [1.29, 1.82) is 0 Å². The van der Waals surface area contributed by atoms with E-state index in [9.17, 15) is 18.4 Å². The first-order chi connectivity index (χ1) is 11.0. The monoisotopic (exact) mass is 324 g/mol. The first-order valence-electron chi connectivity index (χ1n) is 7.73. The summed E-state index contributed by atoms with van der Waals surface area (Å²) in [5.74, 6) is -0.145. The number of fused-ring (bicyclic) bond motifs is 1. The van der Waals surface area contributed by atoms with Crippen molar-refractivity contribution in [3.05, 3.63) is 23.8 Å². The summed E-state index contributed by atoms with van der Waals surface area (Å²) >= 11 is 0. The lowest BCUT2D eigenvalue weighted by Crippen LogP contribution is -2.51. The van der Waals surface area contributed by atoms with Crippen LogP contribution in [-0.2, 0) is 16.0 Å². The summed E-state index contributed by atoms with van der Waals surface area (Å²) in [5, 5.41) is 2.73. The van der Waals surface area contributed by atoms with Crippen molar-refractivity contribution in [2.45, 2.75) is 44.8 Å². The van der Waals surface area contributed by atoms with Crippen molar-refractivity contribution in [3.63, 3.8) is 0 Å². The highest BCUT2D eigenvalue weighted by Crippen LogP contribution is 2.32. The number of aryl methyl sites for hydroxylation is 1. The number of benzene rings is 1. The molecule has 1 aromatic carbocycles. The number of piperidine rings is 1. The van der Waals surface area contributed by atoms with Crippen LogP contribution >= 0.6 is 0 Å². The molecule has 1 atom stereocenters. The maximum Gasteiger partial charge on any atom is 0.387 e. The number of halogens is 2. The zero-order valence-corrected chi connectivity index (χ0v) is 12.6. The van der Waals surface area contributed by atoms with Gasteiger partial charge in [0.05, 0.1) is 0 Å². The summed E-state index contributed by atoms with van der Waals surface area (Å²) in [5.41, 5.74) is 1.52. The van der Waals surface area contributed by atoms with Crippen molar-refractivity contribution in [2.75, 3.05) is 11.4 Å². The van der Waals surface area contributed by atoms with Crippen LogP contribution in [0.4, 0.5) is 14.5 Å². The van der Waals surface area contributed by atoms with E-state index in [1.807, 2.05) is 0 Å². The number of alkyl halides is 2. The summed E-state index contributed by atoms with van der Waals surface area (Å²) in [7, 11) is 0. The van der Waals surface area contributed by atoms with Gasteiger partial charge in [-0.05, 0) is 49.4 Å². The van der Waals surface area contributed by atoms with E-state index in [1.54, 1.807) is 17.0 Å². The molecular formula is C16H18F2N2O3. The Labute approximate surface area is 132 Å². The molecule has 0 saturated carbocycles. The summed E-state index contributed by atoms with van der Waals surface area (Å²) < 4.78 is 29.0. The van der Waals surface area contributed by atoms with E-state index in [2.05, 4.69) is 10.1 Å². The van der Waals surface area contributed by atoms with E-state index in [0.29, 0.717) is 37.9 Å². The van der Waals surface area contributed by atoms with Gasteiger partial charge < -0.3 is 15.0 Å². The number of anilines is 1. The molecule has 0 aliphatic carbocycles. The summed E-state index contributed by atoms with van der Waals surface area (Å²) in [6, 6.07) is 4.13. The number of nitrogens with zero attached hydrogens (tertiary/aromatic N) is 1. The molecule has 0 spiro atoms. The van der Waals surface area contributed by atoms with E-state index >= 15 is 0 Å². The van der Waals surface area contributed by atoms with Crippen LogP contribution in [0.15, 0.2) is 18.2 Å². The van der Waals surface area contributed by atoms with Gasteiger partial charge in [0.15, 0.2) is 0 Å². The van der Waals surface area contributed by atoms with Gasteiger partial charge >= 0.3 is 6.61 Å². The Hall–Kier alpha value is -2.18. The standard InChI is InChI=1S/C16H18F2N2O3/c17-16(18)23-11-6-7-13-10(9-11)3-2-8-20(13)15(22)12-4-1-5-14(21)19-12/h6-7,9,12,16H,1-5,8H2,(H,19,21)/t12-/m1/s1. The molecular weight excluding hydrogens is 306 g/mol. The molecule has 5 nitrogen and oxygen atoms in total. The lowest BCUT2D eigenvalue weighted by molar-refractivity contribution is -0.129. The van der Waals surface area contributed by atoms with Crippen molar-refractivity contribution < 1.29 is 23.1 Å². The van der Waals surface area contributed by atoms with Crippen LogP contribution in [0.1, 0.15) is 31.2 Å². The van der Waals surface area contributed by atoms with Crippen LogP contribution < -0.4 is 15.0 Å². The first kappa shape index (κ1) is 15.7. The Kier molecular flexibility index (Phi) is 4.45. The maximum absolute atomic E-state index is 12.7. The molecule has 2 amide bonds. The van der Waals surface area contributed by atoms with E-state index in [1.165, 1.54) is 6.07 Å². The van der Waals surface area contributed by atoms with Crippen molar-refractivity contribution >= 4 is 17.5 Å². The average Bonchev–Trinajstić information content (AvgIpc) is 2.53. The van der Waals surface area contributed by atoms with E-state index in [0.717, 1.165) is 12.0 Å². The SMILES string of the molecule is O=C1CCC[C@H](C(=O)N2CCCc3cc(OC(F)F)ccc32)N1. The molecule has 2 aliphatic heterocycles. The fraction of sp³-hybridized carbons (Fsp3) is 0.500. The summed E-state index contributed by atoms with van der Waals surface area (Å²) in [6.45, 7) is -2.31. The lowest BCUT2D eigenvalue weighted by atomic mass is 9.98. The minimum absolute atomic E-state index is 0.0963. The Balaban J connectivity index is 1.80. The van der Waals surface area contributed by atoms with Crippen molar-refractivity contribution in [3.8, 4) is 5.75 Å². The zero-order valence-electron chi connectivity index (χ0n) is 12.6. The highest BCUT2D eigenvalue weighted by atomic mass is 19.3. The molecule has 7 heteroatoms. The molecule has 1 N–H and O–H groups in total. The van der Waals surface area contributed by atoms with Gasteiger partial charge in [0, 0.05) is 18.7 Å². The minimum atomic E-state index is -2.87. The van der Waals surface area contributed by atoms with Gasteiger partial charge in [-0.15, -0.1) is 0 Å². The number of amides is 2. The molecule has 2 heterocycles. The molecule has 1 aromatic rings. The third-order valence-corrected chi connectivity index (χ3v) is 4.19. The molecule has 0 bridgehead atoms. The Morgan fingerprint density at radius 3 is 2.87 bits per heavy atom. The van der Waals surface area contributed by atoms with E-state index in [-0.39, 0.29) is 17.6 Å². The summed E-state index contributed by atoms with van der Waals surface area (Å²) in [6.07, 6.45) is 3.23. The third kappa shape index (κ3) is 3.43. The molecule has 2 aliphatic rings. The van der Waals surface area contributed by atoms with Crippen LogP contribution in [0.3, 0.4) is 0 Å². The molecule has 0 unspecified atom stereocenters. The van der Waals surface area contributed by atoms with Crippen LogP contribution in [0.5, 0.6) is 5.75 Å². The highest BCUT2D eigenvalue weighted by molar-refractivity contribution is 6.00. The van der Waals surface area contributed by atoms with Crippen LogP contribution in [0.25, 0.3) is 0 Å². The maximum atomic E-state index is 12.7. The predicted molar refractivity (Wildman–Crippen MR) is 79.5 cm³/mol. The van der Waals surface area contributed by atoms with Gasteiger partial charge in [0.25, 0.3) is 0 Å². The topological polar surface area (TPSA) is 58.6 Å². The van der Waals surface area contributed by atoms with E-state index in [4.69, 9.17) is 0 Å². The average molecular weight is 324 g/mol. The van der Waals surface area contributed by atoms with Gasteiger partial charge in [-0.2, -0.15) is 8.78 Å².